The zero-order chi connectivity index (χ0) is 10.4. The summed E-state index contributed by atoms with van der Waals surface area (Å²) in [6.07, 6.45) is 2.14. The Balaban J connectivity index is 2.65. The van der Waals surface area contributed by atoms with Gasteiger partial charge in [0.05, 0.1) is 6.21 Å². The number of aromatic hydroxyl groups is 1. The van der Waals surface area contributed by atoms with Crippen LogP contribution in [0.4, 0.5) is 4.39 Å². The van der Waals surface area contributed by atoms with Gasteiger partial charge in [-0.2, -0.15) is 0 Å². The van der Waals surface area contributed by atoms with Crippen molar-refractivity contribution < 1.29 is 14.3 Å². The van der Waals surface area contributed by atoms with Gasteiger partial charge in [-0.1, -0.05) is 12.1 Å². The summed E-state index contributed by atoms with van der Waals surface area (Å²) in [5.41, 5.74) is 0.307. The Morgan fingerprint density at radius 1 is 1.57 bits per heavy atom. The van der Waals surface area contributed by atoms with E-state index in [9.17, 15) is 9.50 Å². The van der Waals surface area contributed by atoms with Crippen molar-refractivity contribution in [2.75, 3.05) is 6.61 Å². The third-order valence-corrected chi connectivity index (χ3v) is 1.55. The van der Waals surface area contributed by atoms with Crippen LogP contribution in [0.25, 0.3) is 0 Å². The average Bonchev–Trinajstić information content (AvgIpc) is 2.18. The van der Waals surface area contributed by atoms with E-state index >= 15 is 0 Å². The molecule has 0 aliphatic rings. The SMILES string of the molecule is CCCO/N=C/c1cc(F)ccc1O. The second-order valence-corrected chi connectivity index (χ2v) is 2.77. The molecule has 0 radical (unpaired) electrons. The maximum atomic E-state index is 12.7. The van der Waals surface area contributed by atoms with Gasteiger partial charge in [0.25, 0.3) is 0 Å². The molecule has 0 spiro atoms. The molecule has 4 heteroatoms. The van der Waals surface area contributed by atoms with Crippen molar-refractivity contribution in [1.82, 2.24) is 0 Å². The summed E-state index contributed by atoms with van der Waals surface area (Å²) < 4.78 is 12.7. The minimum atomic E-state index is -0.417. The third kappa shape index (κ3) is 3.05. The highest BCUT2D eigenvalue weighted by molar-refractivity contribution is 5.82. The van der Waals surface area contributed by atoms with Crippen molar-refractivity contribution in [3.63, 3.8) is 0 Å². The standard InChI is InChI=1S/C10H12FNO2/c1-2-5-14-12-7-8-6-9(11)3-4-10(8)13/h3-4,6-7,13H,2,5H2,1H3/b12-7+. The zero-order valence-electron chi connectivity index (χ0n) is 7.90. The highest BCUT2D eigenvalue weighted by Crippen LogP contribution is 2.15. The molecule has 0 saturated heterocycles. The summed E-state index contributed by atoms with van der Waals surface area (Å²) in [4.78, 5) is 4.82. The number of phenols is 1. The first kappa shape index (κ1) is 10.5. The van der Waals surface area contributed by atoms with E-state index in [0.717, 1.165) is 6.42 Å². The van der Waals surface area contributed by atoms with Gasteiger partial charge in [-0.05, 0) is 24.6 Å². The Bertz CT molecular complexity index is 326. The Hall–Kier alpha value is -1.58. The molecule has 0 bridgehead atoms. The van der Waals surface area contributed by atoms with Crippen LogP contribution in [0.5, 0.6) is 5.75 Å². The van der Waals surface area contributed by atoms with E-state index in [4.69, 9.17) is 4.84 Å². The second-order valence-electron chi connectivity index (χ2n) is 2.77. The van der Waals surface area contributed by atoms with Gasteiger partial charge < -0.3 is 9.94 Å². The maximum absolute atomic E-state index is 12.7. The maximum Gasteiger partial charge on any atom is 0.124 e. The number of hydrogen-bond acceptors (Lipinski definition) is 3. The van der Waals surface area contributed by atoms with E-state index in [2.05, 4.69) is 5.16 Å². The number of hydrogen-bond donors (Lipinski definition) is 1. The van der Waals surface area contributed by atoms with Crippen LogP contribution < -0.4 is 0 Å². The molecule has 0 aromatic heterocycles. The number of nitrogens with zero attached hydrogens (tertiary/aromatic N) is 1. The number of benzene rings is 1. The van der Waals surface area contributed by atoms with Crippen molar-refractivity contribution in [2.24, 2.45) is 5.16 Å². The van der Waals surface area contributed by atoms with Crippen molar-refractivity contribution in [1.29, 1.82) is 0 Å². The third-order valence-electron chi connectivity index (χ3n) is 1.55. The second kappa shape index (κ2) is 5.21. The molecule has 1 rings (SSSR count). The van der Waals surface area contributed by atoms with Crippen LogP contribution in [0.1, 0.15) is 18.9 Å². The molecule has 1 aromatic rings. The van der Waals surface area contributed by atoms with Crippen molar-refractivity contribution in [3.8, 4) is 5.75 Å². The van der Waals surface area contributed by atoms with Crippen LogP contribution in [0, 0.1) is 5.82 Å². The van der Waals surface area contributed by atoms with Crippen molar-refractivity contribution >= 4 is 6.21 Å². The van der Waals surface area contributed by atoms with Crippen molar-refractivity contribution in [3.05, 3.63) is 29.6 Å². The molecule has 0 aliphatic carbocycles. The molecule has 0 amide bonds. The fourth-order valence-corrected chi connectivity index (χ4v) is 0.867. The van der Waals surface area contributed by atoms with Crippen LogP contribution in [0.15, 0.2) is 23.4 Å². The van der Waals surface area contributed by atoms with Crippen LogP contribution in [-0.4, -0.2) is 17.9 Å². The molecule has 0 atom stereocenters. The predicted octanol–water partition coefficient (Wildman–Crippen LogP) is 2.29. The molecule has 0 fully saturated rings. The van der Waals surface area contributed by atoms with Gasteiger partial charge in [0.2, 0.25) is 0 Å². The Labute approximate surface area is 81.8 Å². The van der Waals surface area contributed by atoms with Gasteiger partial charge in [-0.3, -0.25) is 0 Å². The smallest absolute Gasteiger partial charge is 0.124 e. The lowest BCUT2D eigenvalue weighted by atomic mass is 10.2. The van der Waals surface area contributed by atoms with E-state index in [1.54, 1.807) is 0 Å². The highest BCUT2D eigenvalue weighted by atomic mass is 19.1. The quantitative estimate of drug-likeness (QED) is 0.457. The number of oxime groups is 1. The lowest BCUT2D eigenvalue weighted by Gasteiger charge is -1.98. The molecular weight excluding hydrogens is 185 g/mol. The first-order valence-corrected chi connectivity index (χ1v) is 4.38. The first-order valence-electron chi connectivity index (χ1n) is 4.38. The Morgan fingerprint density at radius 3 is 3.07 bits per heavy atom. The van der Waals surface area contributed by atoms with Gasteiger partial charge in [0, 0.05) is 5.56 Å². The molecule has 1 N–H and O–H groups in total. The average molecular weight is 197 g/mol. The number of halogens is 1. The summed E-state index contributed by atoms with van der Waals surface area (Å²) in [7, 11) is 0. The lowest BCUT2D eigenvalue weighted by Crippen LogP contribution is -1.88. The fraction of sp³-hybridized carbons (Fsp3) is 0.300. The van der Waals surface area contributed by atoms with Crippen molar-refractivity contribution in [2.45, 2.75) is 13.3 Å². The molecule has 14 heavy (non-hydrogen) atoms. The van der Waals surface area contributed by atoms with Crippen LogP contribution in [-0.2, 0) is 4.84 Å². The summed E-state index contributed by atoms with van der Waals surface area (Å²) >= 11 is 0. The predicted molar refractivity (Wildman–Crippen MR) is 51.9 cm³/mol. The molecule has 0 saturated carbocycles. The number of rotatable bonds is 4. The minimum Gasteiger partial charge on any atom is -0.507 e. The molecule has 0 aliphatic heterocycles. The van der Waals surface area contributed by atoms with E-state index in [0.29, 0.717) is 12.2 Å². The molecule has 0 heterocycles. The number of phenolic OH excluding ortho intramolecular Hbond substituents is 1. The molecule has 3 nitrogen and oxygen atoms in total. The van der Waals surface area contributed by atoms with E-state index in [-0.39, 0.29) is 5.75 Å². The Kier molecular flexibility index (Phi) is 3.91. The fourth-order valence-electron chi connectivity index (χ4n) is 0.867. The zero-order valence-corrected chi connectivity index (χ0v) is 7.90. The largest absolute Gasteiger partial charge is 0.507 e. The van der Waals surface area contributed by atoms with Crippen LogP contribution >= 0.6 is 0 Å². The van der Waals surface area contributed by atoms with E-state index in [1.165, 1.54) is 24.4 Å². The van der Waals surface area contributed by atoms with Gasteiger partial charge in [0.1, 0.15) is 18.2 Å². The van der Waals surface area contributed by atoms with Crippen LogP contribution in [0.2, 0.25) is 0 Å². The topological polar surface area (TPSA) is 41.8 Å². The van der Waals surface area contributed by atoms with E-state index in [1.807, 2.05) is 6.92 Å². The van der Waals surface area contributed by atoms with Gasteiger partial charge in [-0.25, -0.2) is 4.39 Å². The monoisotopic (exact) mass is 197 g/mol. The molecule has 0 unspecified atom stereocenters. The minimum absolute atomic E-state index is 0.0183. The summed E-state index contributed by atoms with van der Waals surface area (Å²) in [5, 5.41) is 12.9. The van der Waals surface area contributed by atoms with Gasteiger partial charge in [0.15, 0.2) is 0 Å². The normalized spacial score (nSPS) is 10.7. The molecule has 76 valence electrons. The first-order chi connectivity index (χ1) is 6.74. The van der Waals surface area contributed by atoms with Crippen LogP contribution in [0.3, 0.4) is 0 Å². The molecular formula is C10H12FNO2. The Morgan fingerprint density at radius 2 is 2.36 bits per heavy atom. The van der Waals surface area contributed by atoms with Gasteiger partial charge >= 0.3 is 0 Å². The highest BCUT2D eigenvalue weighted by Gasteiger charge is 1.99. The summed E-state index contributed by atoms with van der Waals surface area (Å²) in [6.45, 7) is 2.46. The summed E-state index contributed by atoms with van der Waals surface area (Å²) in [6, 6.07) is 3.64. The molecule has 1 aromatic carbocycles. The van der Waals surface area contributed by atoms with Gasteiger partial charge in [-0.15, -0.1) is 0 Å². The van der Waals surface area contributed by atoms with E-state index < -0.39 is 5.82 Å². The lowest BCUT2D eigenvalue weighted by molar-refractivity contribution is 0.146. The summed E-state index contributed by atoms with van der Waals surface area (Å²) in [5.74, 6) is -0.435.